The van der Waals surface area contributed by atoms with Crippen molar-refractivity contribution in [3.63, 3.8) is 0 Å². The second-order valence-corrected chi connectivity index (χ2v) is 7.69. The molecular formula is C23H17N3O2S. The van der Waals surface area contributed by atoms with E-state index in [0.717, 1.165) is 22.1 Å². The summed E-state index contributed by atoms with van der Waals surface area (Å²) in [5, 5.41) is 3.36. The third-order valence-corrected chi connectivity index (χ3v) is 5.85. The van der Waals surface area contributed by atoms with Crippen LogP contribution < -0.4 is 5.56 Å². The quantitative estimate of drug-likeness (QED) is 0.241. The normalized spacial score (nSPS) is 11.3. The van der Waals surface area contributed by atoms with Crippen molar-refractivity contribution in [1.29, 1.82) is 0 Å². The molecular weight excluding hydrogens is 382 g/mol. The van der Waals surface area contributed by atoms with Crippen molar-refractivity contribution >= 4 is 33.4 Å². The molecule has 0 atom stereocenters. The molecule has 2 aromatic heterocycles. The molecule has 0 aliphatic carbocycles. The van der Waals surface area contributed by atoms with Gasteiger partial charge in [0.2, 0.25) is 5.89 Å². The van der Waals surface area contributed by atoms with E-state index in [4.69, 9.17) is 9.40 Å². The minimum absolute atomic E-state index is 0.0550. The summed E-state index contributed by atoms with van der Waals surface area (Å²) in [6, 6.07) is 21.7. The lowest BCUT2D eigenvalue weighted by atomic mass is 10.1. The van der Waals surface area contributed by atoms with Crippen LogP contribution in [0.4, 0.5) is 0 Å². The first-order valence-corrected chi connectivity index (χ1v) is 10.2. The van der Waals surface area contributed by atoms with Gasteiger partial charge in [0.1, 0.15) is 0 Å². The summed E-state index contributed by atoms with van der Waals surface area (Å²) in [6.45, 7) is 0. The average Bonchev–Trinajstić information content (AvgIpc) is 3.24. The summed E-state index contributed by atoms with van der Waals surface area (Å²) in [7, 11) is 1.75. The second kappa shape index (κ2) is 7.22. The fourth-order valence-electron chi connectivity index (χ4n) is 3.31. The summed E-state index contributed by atoms with van der Waals surface area (Å²) in [4.78, 5) is 21.9. The molecule has 5 rings (SSSR count). The Bertz CT molecular complexity index is 1390. The molecule has 0 amide bonds. The number of rotatable bonds is 4. The minimum Gasteiger partial charge on any atom is -0.440 e. The molecule has 0 saturated heterocycles. The lowest BCUT2D eigenvalue weighted by Crippen LogP contribution is -2.20. The van der Waals surface area contributed by atoms with Crippen molar-refractivity contribution in [3.8, 4) is 11.3 Å². The molecule has 2 heterocycles. The zero-order valence-electron chi connectivity index (χ0n) is 15.7. The van der Waals surface area contributed by atoms with Gasteiger partial charge in [-0.15, -0.1) is 0 Å². The van der Waals surface area contributed by atoms with E-state index >= 15 is 0 Å². The van der Waals surface area contributed by atoms with Gasteiger partial charge >= 0.3 is 0 Å². The van der Waals surface area contributed by atoms with Gasteiger partial charge < -0.3 is 4.42 Å². The maximum absolute atomic E-state index is 12.9. The first kappa shape index (κ1) is 17.7. The Hall–Kier alpha value is -3.38. The van der Waals surface area contributed by atoms with Crippen LogP contribution in [0.15, 0.2) is 87.3 Å². The van der Waals surface area contributed by atoms with E-state index < -0.39 is 0 Å². The van der Waals surface area contributed by atoms with Crippen LogP contribution in [0.3, 0.4) is 0 Å². The molecule has 0 fully saturated rings. The first-order valence-electron chi connectivity index (χ1n) is 9.21. The van der Waals surface area contributed by atoms with Crippen LogP contribution in [-0.2, 0) is 12.8 Å². The summed E-state index contributed by atoms with van der Waals surface area (Å²) in [6.07, 6.45) is 1.73. The summed E-state index contributed by atoms with van der Waals surface area (Å²) in [5.41, 5.74) is 1.63. The number of hydrogen-bond donors (Lipinski definition) is 0. The Morgan fingerprint density at radius 1 is 1.00 bits per heavy atom. The highest BCUT2D eigenvalue weighted by molar-refractivity contribution is 7.98. The zero-order chi connectivity index (χ0) is 19.8. The molecule has 0 spiro atoms. The van der Waals surface area contributed by atoms with Crippen LogP contribution in [0, 0.1) is 0 Å². The molecule has 5 nitrogen and oxygen atoms in total. The zero-order valence-corrected chi connectivity index (χ0v) is 16.5. The van der Waals surface area contributed by atoms with Gasteiger partial charge in [-0.25, -0.2) is 9.97 Å². The van der Waals surface area contributed by atoms with Crippen molar-refractivity contribution in [2.45, 2.75) is 10.9 Å². The highest BCUT2D eigenvalue weighted by atomic mass is 32.2. The van der Waals surface area contributed by atoms with Crippen LogP contribution in [0.25, 0.3) is 33.0 Å². The van der Waals surface area contributed by atoms with Crippen LogP contribution in [0.2, 0.25) is 0 Å². The highest BCUT2D eigenvalue weighted by Crippen LogP contribution is 2.26. The summed E-state index contributed by atoms with van der Waals surface area (Å²) in [5.74, 6) is 1.82. The molecule has 0 unspecified atom stereocenters. The minimum atomic E-state index is -0.0550. The number of oxazole rings is 1. The molecule has 3 aromatic carbocycles. The van der Waals surface area contributed by atoms with Crippen molar-refractivity contribution < 1.29 is 4.42 Å². The Kier molecular flexibility index (Phi) is 4.41. The van der Waals surface area contributed by atoms with E-state index in [1.807, 2.05) is 66.7 Å². The van der Waals surface area contributed by atoms with Crippen LogP contribution in [0.5, 0.6) is 0 Å². The Morgan fingerprint density at radius 2 is 1.72 bits per heavy atom. The maximum Gasteiger partial charge on any atom is 0.261 e. The van der Waals surface area contributed by atoms with E-state index in [0.29, 0.717) is 27.7 Å². The molecule has 0 aliphatic rings. The van der Waals surface area contributed by atoms with Gasteiger partial charge in [0.25, 0.3) is 5.56 Å². The van der Waals surface area contributed by atoms with E-state index in [9.17, 15) is 4.79 Å². The van der Waals surface area contributed by atoms with Gasteiger partial charge in [0.15, 0.2) is 10.9 Å². The van der Waals surface area contributed by atoms with Crippen LogP contribution >= 0.6 is 11.8 Å². The number of benzene rings is 3. The lowest BCUT2D eigenvalue weighted by molar-refractivity contribution is 0.529. The predicted molar refractivity (Wildman–Crippen MR) is 116 cm³/mol. The fourth-order valence-corrected chi connectivity index (χ4v) is 4.13. The first-order chi connectivity index (χ1) is 14.2. The number of nitrogens with zero attached hydrogens (tertiary/aromatic N) is 3. The Morgan fingerprint density at radius 3 is 2.52 bits per heavy atom. The van der Waals surface area contributed by atoms with Crippen molar-refractivity contribution in [2.24, 2.45) is 7.05 Å². The lowest BCUT2D eigenvalue weighted by Gasteiger charge is -2.09. The number of fused-ring (bicyclic) bond motifs is 2. The maximum atomic E-state index is 12.9. The van der Waals surface area contributed by atoms with E-state index in [2.05, 4.69) is 4.98 Å². The second-order valence-electron chi connectivity index (χ2n) is 6.75. The molecule has 142 valence electrons. The van der Waals surface area contributed by atoms with Gasteiger partial charge in [-0.1, -0.05) is 66.4 Å². The third kappa shape index (κ3) is 3.32. The number of hydrogen-bond acceptors (Lipinski definition) is 5. The molecule has 29 heavy (non-hydrogen) atoms. The molecule has 6 heteroatoms. The molecule has 0 aliphatic heterocycles. The van der Waals surface area contributed by atoms with Gasteiger partial charge in [-0.2, -0.15) is 0 Å². The standard InChI is InChI=1S/C23H17N3O2S/c1-26-22(27)18-11-16-9-5-6-10-17(16)12-19(18)25-23(26)29-14-21-24-13-20(28-21)15-7-3-2-4-8-15/h2-13H,14H2,1H3. The van der Waals surface area contributed by atoms with Crippen molar-refractivity contribution in [3.05, 3.63) is 89.2 Å². The van der Waals surface area contributed by atoms with Crippen LogP contribution in [-0.4, -0.2) is 14.5 Å². The topological polar surface area (TPSA) is 60.9 Å². The van der Waals surface area contributed by atoms with Gasteiger partial charge in [0, 0.05) is 12.6 Å². The van der Waals surface area contributed by atoms with Crippen LogP contribution in [0.1, 0.15) is 5.89 Å². The SMILES string of the molecule is Cn1c(SCc2ncc(-c3ccccc3)o2)nc2cc3ccccc3cc2c1=O. The highest BCUT2D eigenvalue weighted by Gasteiger charge is 2.12. The Labute approximate surface area is 171 Å². The predicted octanol–water partition coefficient (Wildman–Crippen LogP) is 5.03. The molecule has 0 N–H and O–H groups in total. The fraction of sp³-hybridized carbons (Fsp3) is 0.0870. The third-order valence-electron chi connectivity index (χ3n) is 4.84. The van der Waals surface area contributed by atoms with E-state index in [1.165, 1.54) is 11.8 Å². The van der Waals surface area contributed by atoms with E-state index in [-0.39, 0.29) is 5.56 Å². The average molecular weight is 399 g/mol. The summed E-state index contributed by atoms with van der Waals surface area (Å²) < 4.78 is 7.45. The number of aromatic nitrogens is 3. The van der Waals surface area contributed by atoms with E-state index in [1.54, 1.807) is 17.8 Å². The molecule has 0 saturated carbocycles. The van der Waals surface area contributed by atoms with Crippen molar-refractivity contribution in [1.82, 2.24) is 14.5 Å². The monoisotopic (exact) mass is 399 g/mol. The summed E-state index contributed by atoms with van der Waals surface area (Å²) >= 11 is 1.44. The molecule has 0 bridgehead atoms. The largest absolute Gasteiger partial charge is 0.440 e. The van der Waals surface area contributed by atoms with Gasteiger partial charge in [-0.05, 0) is 22.9 Å². The molecule has 0 radical (unpaired) electrons. The van der Waals surface area contributed by atoms with Crippen molar-refractivity contribution in [2.75, 3.05) is 0 Å². The van der Waals surface area contributed by atoms with Gasteiger partial charge in [-0.3, -0.25) is 9.36 Å². The van der Waals surface area contributed by atoms with Gasteiger partial charge in [0.05, 0.1) is 22.9 Å². The number of thioether (sulfide) groups is 1. The smallest absolute Gasteiger partial charge is 0.261 e. The molecule has 5 aromatic rings. The Balaban J connectivity index is 1.46.